The fourth-order valence-corrected chi connectivity index (χ4v) is 6.09. The highest BCUT2D eigenvalue weighted by atomic mass is 16.5. The fraction of sp³-hybridized carbons (Fsp3) is 0.593. The molecule has 10 heteroatoms. The molecular weight excluding hydrogens is 472 g/mol. The molecule has 0 amide bonds. The van der Waals surface area contributed by atoms with E-state index in [1.54, 1.807) is 0 Å². The van der Waals surface area contributed by atoms with Crippen LogP contribution in [0.2, 0.25) is 0 Å². The summed E-state index contributed by atoms with van der Waals surface area (Å²) in [6.45, 7) is 8.97. The number of piperidine rings is 1. The standard InChI is InChI=1S/C27H36N6O4/c1-17-9-20-12-28-33(27-11-26(29-18(2)30-27)32-7-8-37-21(13-32)14-34)23(20)10-22(17)19-3-5-31(6-4-19)24-15-36-16-25(24)35/h9-12,19,21,24-25,34-35H,3-8,13-16H2,1-2H3/t21-,24?,25?/m0/s1. The lowest BCUT2D eigenvalue weighted by atomic mass is 9.85. The quantitative estimate of drug-likeness (QED) is 0.531. The molecule has 37 heavy (non-hydrogen) atoms. The second kappa shape index (κ2) is 10.3. The van der Waals surface area contributed by atoms with E-state index in [2.05, 4.69) is 33.8 Å². The predicted octanol–water partition coefficient (Wildman–Crippen LogP) is 1.57. The second-order valence-electron chi connectivity index (χ2n) is 10.6. The van der Waals surface area contributed by atoms with Gasteiger partial charge in [-0.05, 0) is 69.0 Å². The Bertz CT molecular complexity index is 1260. The summed E-state index contributed by atoms with van der Waals surface area (Å²) < 4.78 is 13.0. The molecule has 0 spiro atoms. The van der Waals surface area contributed by atoms with E-state index in [-0.39, 0.29) is 24.9 Å². The van der Waals surface area contributed by atoms with Crippen LogP contribution in [0.1, 0.15) is 35.7 Å². The van der Waals surface area contributed by atoms with Crippen molar-refractivity contribution in [2.45, 2.75) is 50.9 Å². The van der Waals surface area contributed by atoms with Crippen molar-refractivity contribution >= 4 is 16.7 Å². The van der Waals surface area contributed by atoms with Crippen molar-refractivity contribution in [3.8, 4) is 5.82 Å². The first-order chi connectivity index (χ1) is 18.0. The zero-order valence-corrected chi connectivity index (χ0v) is 21.6. The summed E-state index contributed by atoms with van der Waals surface area (Å²) in [5.41, 5.74) is 3.70. The molecule has 3 aliphatic heterocycles. The molecule has 2 aromatic heterocycles. The number of aliphatic hydroxyl groups is 2. The Labute approximate surface area is 216 Å². The molecule has 2 unspecified atom stereocenters. The van der Waals surface area contributed by atoms with E-state index >= 15 is 0 Å². The van der Waals surface area contributed by atoms with Crippen molar-refractivity contribution in [3.63, 3.8) is 0 Å². The number of anilines is 1. The van der Waals surface area contributed by atoms with Gasteiger partial charge in [0.05, 0.1) is 56.4 Å². The van der Waals surface area contributed by atoms with Crippen LogP contribution < -0.4 is 4.90 Å². The highest BCUT2D eigenvalue weighted by Gasteiger charge is 2.34. The summed E-state index contributed by atoms with van der Waals surface area (Å²) in [7, 11) is 0. The number of morpholine rings is 1. The van der Waals surface area contributed by atoms with Crippen LogP contribution >= 0.6 is 0 Å². The summed E-state index contributed by atoms with van der Waals surface area (Å²) in [5, 5.41) is 25.6. The van der Waals surface area contributed by atoms with Gasteiger partial charge in [0, 0.05) is 24.5 Å². The Hall–Kier alpha value is -2.63. The monoisotopic (exact) mass is 508 g/mol. The maximum atomic E-state index is 10.2. The molecule has 3 aliphatic rings. The van der Waals surface area contributed by atoms with Crippen LogP contribution in [-0.4, -0.2) is 106 Å². The first-order valence-electron chi connectivity index (χ1n) is 13.3. The van der Waals surface area contributed by atoms with E-state index in [1.165, 1.54) is 11.1 Å². The minimum atomic E-state index is -0.378. The number of hydrogen-bond acceptors (Lipinski definition) is 9. The van der Waals surface area contributed by atoms with Gasteiger partial charge in [-0.3, -0.25) is 4.90 Å². The number of nitrogens with zero attached hydrogens (tertiary/aromatic N) is 6. The Balaban J connectivity index is 1.27. The largest absolute Gasteiger partial charge is 0.394 e. The van der Waals surface area contributed by atoms with Crippen LogP contribution in [0.4, 0.5) is 5.82 Å². The first kappa shape index (κ1) is 24.7. The third kappa shape index (κ3) is 4.84. The van der Waals surface area contributed by atoms with E-state index in [1.807, 2.05) is 23.9 Å². The first-order valence-corrected chi connectivity index (χ1v) is 13.3. The summed E-state index contributed by atoms with van der Waals surface area (Å²) in [4.78, 5) is 13.9. The van der Waals surface area contributed by atoms with Crippen molar-refractivity contribution in [1.82, 2.24) is 24.6 Å². The zero-order chi connectivity index (χ0) is 25.5. The van der Waals surface area contributed by atoms with Gasteiger partial charge in [0.2, 0.25) is 0 Å². The molecule has 3 aromatic rings. The zero-order valence-electron chi connectivity index (χ0n) is 21.6. The van der Waals surface area contributed by atoms with Crippen LogP contribution in [0.5, 0.6) is 0 Å². The lowest BCUT2D eigenvalue weighted by Gasteiger charge is -2.37. The molecule has 0 radical (unpaired) electrons. The number of fused-ring (bicyclic) bond motifs is 1. The van der Waals surface area contributed by atoms with Crippen molar-refractivity contribution < 1.29 is 19.7 Å². The molecule has 3 saturated heterocycles. The van der Waals surface area contributed by atoms with Crippen LogP contribution in [0.15, 0.2) is 24.4 Å². The number of hydrogen-bond donors (Lipinski definition) is 2. The average Bonchev–Trinajstić information content (AvgIpc) is 3.53. The fourth-order valence-electron chi connectivity index (χ4n) is 6.09. The Morgan fingerprint density at radius 3 is 2.59 bits per heavy atom. The van der Waals surface area contributed by atoms with E-state index in [0.29, 0.717) is 38.1 Å². The number of benzene rings is 1. The van der Waals surface area contributed by atoms with Crippen molar-refractivity contribution in [1.29, 1.82) is 0 Å². The van der Waals surface area contributed by atoms with Crippen LogP contribution in [0.3, 0.4) is 0 Å². The number of aryl methyl sites for hydroxylation is 2. The van der Waals surface area contributed by atoms with Crippen LogP contribution in [-0.2, 0) is 9.47 Å². The topological polar surface area (TPSA) is 109 Å². The summed E-state index contributed by atoms with van der Waals surface area (Å²) in [6, 6.07) is 6.63. The summed E-state index contributed by atoms with van der Waals surface area (Å²) >= 11 is 0. The average molecular weight is 509 g/mol. The second-order valence-corrected chi connectivity index (χ2v) is 10.6. The number of aromatic nitrogens is 4. The lowest BCUT2D eigenvalue weighted by molar-refractivity contribution is 0.00335. The summed E-state index contributed by atoms with van der Waals surface area (Å²) in [6.07, 6.45) is 3.44. The van der Waals surface area contributed by atoms with Gasteiger partial charge in [-0.25, -0.2) is 14.6 Å². The molecule has 1 aromatic carbocycles. The van der Waals surface area contributed by atoms with E-state index in [9.17, 15) is 10.2 Å². The van der Waals surface area contributed by atoms with Gasteiger partial charge in [0.25, 0.3) is 0 Å². The minimum absolute atomic E-state index is 0.00666. The Morgan fingerprint density at radius 2 is 1.84 bits per heavy atom. The SMILES string of the molecule is Cc1nc(N2CCO[C@H](CO)C2)cc(-n2ncc3cc(C)c(C4CCN(C5COCC5O)CC4)cc32)n1. The van der Waals surface area contributed by atoms with Gasteiger partial charge in [-0.15, -0.1) is 0 Å². The Morgan fingerprint density at radius 1 is 1.03 bits per heavy atom. The summed E-state index contributed by atoms with van der Waals surface area (Å²) in [5.74, 6) is 2.71. The predicted molar refractivity (Wildman–Crippen MR) is 139 cm³/mol. The number of ether oxygens (including phenoxy) is 2. The number of rotatable bonds is 5. The molecule has 3 fully saturated rings. The van der Waals surface area contributed by atoms with Crippen molar-refractivity contribution in [3.05, 3.63) is 41.3 Å². The third-order valence-corrected chi connectivity index (χ3v) is 8.11. The van der Waals surface area contributed by atoms with Gasteiger partial charge in [0.15, 0.2) is 5.82 Å². The molecule has 6 rings (SSSR count). The minimum Gasteiger partial charge on any atom is -0.394 e. The molecule has 0 saturated carbocycles. The third-order valence-electron chi connectivity index (χ3n) is 8.11. The van der Waals surface area contributed by atoms with Gasteiger partial charge < -0.3 is 24.6 Å². The molecule has 5 heterocycles. The number of likely N-dealkylation sites (tertiary alicyclic amines) is 1. The smallest absolute Gasteiger partial charge is 0.159 e. The van der Waals surface area contributed by atoms with E-state index in [0.717, 1.165) is 55.0 Å². The molecule has 3 atom stereocenters. The molecular formula is C27H36N6O4. The van der Waals surface area contributed by atoms with Gasteiger partial charge in [-0.2, -0.15) is 5.10 Å². The molecule has 198 valence electrons. The normalized spacial score (nSPS) is 25.8. The molecule has 0 bridgehead atoms. The van der Waals surface area contributed by atoms with Crippen LogP contribution in [0, 0.1) is 13.8 Å². The van der Waals surface area contributed by atoms with Gasteiger partial charge in [-0.1, -0.05) is 0 Å². The maximum Gasteiger partial charge on any atom is 0.159 e. The lowest BCUT2D eigenvalue weighted by Crippen LogP contribution is -2.46. The van der Waals surface area contributed by atoms with Crippen LogP contribution in [0.25, 0.3) is 16.7 Å². The maximum absolute atomic E-state index is 10.2. The van der Waals surface area contributed by atoms with Crippen molar-refractivity contribution in [2.24, 2.45) is 0 Å². The van der Waals surface area contributed by atoms with Gasteiger partial charge in [0.1, 0.15) is 11.6 Å². The van der Waals surface area contributed by atoms with Crippen molar-refractivity contribution in [2.75, 3.05) is 57.5 Å². The van der Waals surface area contributed by atoms with Gasteiger partial charge >= 0.3 is 0 Å². The number of aliphatic hydroxyl groups excluding tert-OH is 2. The molecule has 0 aliphatic carbocycles. The van der Waals surface area contributed by atoms with E-state index < -0.39 is 0 Å². The molecule has 10 nitrogen and oxygen atoms in total. The molecule has 2 N–H and O–H groups in total. The highest BCUT2D eigenvalue weighted by Crippen LogP contribution is 2.34. The highest BCUT2D eigenvalue weighted by molar-refractivity contribution is 5.82. The van der Waals surface area contributed by atoms with E-state index in [4.69, 9.17) is 19.6 Å². The Kier molecular flexibility index (Phi) is 6.85.